The van der Waals surface area contributed by atoms with Crippen molar-refractivity contribution in [2.75, 3.05) is 11.9 Å². The molecule has 0 bridgehead atoms. The van der Waals surface area contributed by atoms with Crippen LogP contribution >= 0.6 is 23.2 Å². The summed E-state index contributed by atoms with van der Waals surface area (Å²) in [5, 5.41) is 1.66. The van der Waals surface area contributed by atoms with E-state index in [0.29, 0.717) is 11.6 Å². The topological polar surface area (TPSA) is 102 Å². The molecule has 0 aliphatic rings. The smallest absolute Gasteiger partial charge is 0.418 e. The third-order valence-corrected chi connectivity index (χ3v) is 6.78. The second-order valence-electron chi connectivity index (χ2n) is 7.27. The number of carbonyl (C=O) groups is 2. The summed E-state index contributed by atoms with van der Waals surface area (Å²) in [5.74, 6) is -2.14. The van der Waals surface area contributed by atoms with E-state index in [0.717, 1.165) is 18.2 Å². The van der Waals surface area contributed by atoms with E-state index in [1.165, 1.54) is 12.1 Å². The molecular formula is C23H17Cl2F3N2O5S. The number of benzene rings is 3. The Morgan fingerprint density at radius 3 is 2.31 bits per heavy atom. The molecule has 0 radical (unpaired) electrons. The molecule has 3 aromatic rings. The number of sulfonamides is 1. The van der Waals surface area contributed by atoms with Gasteiger partial charge in [-0.25, -0.2) is 17.9 Å². The summed E-state index contributed by atoms with van der Waals surface area (Å²) in [6, 6.07) is 14.7. The molecule has 0 aliphatic heterocycles. The molecular weight excluding hydrogens is 544 g/mol. The Hall–Kier alpha value is -3.12. The standard InChI is InChI=1S/C23H17Cl2F3N2O5S/c24-16-7-9-19(17(11-16)23(26,27)28)30-21(31)13-35-22(32)15-6-8-18(25)20(10-15)36(33,34)29-12-14-4-2-1-3-5-14/h1-11,29H,12-13H2,(H,30,31). The summed E-state index contributed by atoms with van der Waals surface area (Å²) in [5.41, 5.74) is -1.30. The number of hydrogen-bond acceptors (Lipinski definition) is 5. The summed E-state index contributed by atoms with van der Waals surface area (Å²) in [6.45, 7) is -0.964. The van der Waals surface area contributed by atoms with Gasteiger partial charge in [0.1, 0.15) is 4.90 Å². The molecule has 0 unspecified atom stereocenters. The Balaban J connectivity index is 1.67. The van der Waals surface area contributed by atoms with Crippen LogP contribution in [0.1, 0.15) is 21.5 Å². The Labute approximate surface area is 214 Å². The molecule has 190 valence electrons. The molecule has 36 heavy (non-hydrogen) atoms. The first-order valence-corrected chi connectivity index (χ1v) is 12.3. The molecule has 13 heteroatoms. The Bertz CT molecular complexity index is 1380. The fraction of sp³-hybridized carbons (Fsp3) is 0.130. The maximum atomic E-state index is 13.2. The fourth-order valence-electron chi connectivity index (χ4n) is 2.95. The number of anilines is 1. The van der Waals surface area contributed by atoms with Crippen LogP contribution in [-0.4, -0.2) is 26.9 Å². The zero-order valence-electron chi connectivity index (χ0n) is 18.1. The molecule has 0 atom stereocenters. The van der Waals surface area contributed by atoms with E-state index in [-0.39, 0.29) is 22.2 Å². The predicted octanol–water partition coefficient (Wildman–Crippen LogP) is 5.29. The monoisotopic (exact) mass is 560 g/mol. The maximum absolute atomic E-state index is 13.2. The van der Waals surface area contributed by atoms with Crippen molar-refractivity contribution in [3.63, 3.8) is 0 Å². The van der Waals surface area contributed by atoms with E-state index in [9.17, 15) is 31.2 Å². The molecule has 2 N–H and O–H groups in total. The van der Waals surface area contributed by atoms with Gasteiger partial charge < -0.3 is 10.1 Å². The second kappa shape index (κ2) is 11.3. The number of alkyl halides is 3. The third kappa shape index (κ3) is 7.20. The molecule has 0 aromatic heterocycles. The highest BCUT2D eigenvalue weighted by atomic mass is 35.5. The Kier molecular flexibility index (Phi) is 8.62. The Morgan fingerprint density at radius 1 is 0.944 bits per heavy atom. The lowest BCUT2D eigenvalue weighted by Crippen LogP contribution is -2.24. The van der Waals surface area contributed by atoms with Crippen LogP contribution in [0.25, 0.3) is 0 Å². The quantitative estimate of drug-likeness (QED) is 0.365. The minimum atomic E-state index is -4.79. The lowest BCUT2D eigenvalue weighted by molar-refractivity contribution is -0.137. The molecule has 0 saturated heterocycles. The van der Waals surface area contributed by atoms with Gasteiger partial charge in [0.2, 0.25) is 10.0 Å². The van der Waals surface area contributed by atoms with Crippen molar-refractivity contribution in [3.8, 4) is 0 Å². The van der Waals surface area contributed by atoms with E-state index in [1.807, 2.05) is 5.32 Å². The SMILES string of the molecule is O=C(COC(=O)c1ccc(Cl)c(S(=O)(=O)NCc2ccccc2)c1)Nc1ccc(Cl)cc1C(F)(F)F. The van der Waals surface area contributed by atoms with Gasteiger partial charge in [-0.3, -0.25) is 4.79 Å². The van der Waals surface area contributed by atoms with E-state index < -0.39 is 50.8 Å². The minimum Gasteiger partial charge on any atom is -0.452 e. The molecule has 0 aliphatic carbocycles. The average Bonchev–Trinajstić information content (AvgIpc) is 2.82. The van der Waals surface area contributed by atoms with Crippen molar-refractivity contribution < 1.29 is 35.9 Å². The van der Waals surface area contributed by atoms with Crippen LogP contribution in [0.4, 0.5) is 18.9 Å². The summed E-state index contributed by atoms with van der Waals surface area (Å²) in [6.07, 6.45) is -4.79. The summed E-state index contributed by atoms with van der Waals surface area (Å²) < 4.78 is 72.1. The first-order chi connectivity index (χ1) is 16.9. The highest BCUT2D eigenvalue weighted by molar-refractivity contribution is 7.89. The molecule has 3 rings (SSSR count). The number of rotatable bonds is 8. The lowest BCUT2D eigenvalue weighted by Gasteiger charge is -2.14. The van der Waals surface area contributed by atoms with Crippen LogP contribution in [0.3, 0.4) is 0 Å². The summed E-state index contributed by atoms with van der Waals surface area (Å²) >= 11 is 11.6. The van der Waals surface area contributed by atoms with Crippen molar-refractivity contribution >= 4 is 50.8 Å². The van der Waals surface area contributed by atoms with Crippen molar-refractivity contribution in [2.24, 2.45) is 0 Å². The van der Waals surface area contributed by atoms with Gasteiger partial charge >= 0.3 is 12.1 Å². The van der Waals surface area contributed by atoms with E-state index >= 15 is 0 Å². The highest BCUT2D eigenvalue weighted by Gasteiger charge is 2.34. The number of halogens is 5. The predicted molar refractivity (Wildman–Crippen MR) is 127 cm³/mol. The minimum absolute atomic E-state index is 0.0288. The number of nitrogens with one attached hydrogen (secondary N) is 2. The lowest BCUT2D eigenvalue weighted by atomic mass is 10.1. The van der Waals surface area contributed by atoms with Gasteiger partial charge in [-0.05, 0) is 42.0 Å². The van der Waals surface area contributed by atoms with Crippen molar-refractivity contribution in [2.45, 2.75) is 17.6 Å². The fourth-order valence-corrected chi connectivity index (χ4v) is 4.66. The van der Waals surface area contributed by atoms with Crippen molar-refractivity contribution in [3.05, 3.63) is 93.5 Å². The largest absolute Gasteiger partial charge is 0.452 e. The zero-order chi connectivity index (χ0) is 26.5. The number of esters is 1. The van der Waals surface area contributed by atoms with Gasteiger partial charge in [-0.2, -0.15) is 13.2 Å². The summed E-state index contributed by atoms with van der Waals surface area (Å²) in [7, 11) is -4.13. The first-order valence-electron chi connectivity index (χ1n) is 10.0. The van der Waals surface area contributed by atoms with E-state index in [4.69, 9.17) is 27.9 Å². The second-order valence-corrected chi connectivity index (χ2v) is 9.85. The van der Waals surface area contributed by atoms with Gasteiger partial charge in [0.15, 0.2) is 6.61 Å². The molecule has 0 fully saturated rings. The van der Waals surface area contributed by atoms with Crippen LogP contribution < -0.4 is 10.0 Å². The molecule has 1 amide bonds. The van der Waals surface area contributed by atoms with E-state index in [1.54, 1.807) is 30.3 Å². The zero-order valence-corrected chi connectivity index (χ0v) is 20.4. The van der Waals surface area contributed by atoms with E-state index in [2.05, 4.69) is 4.72 Å². The van der Waals surface area contributed by atoms with Crippen molar-refractivity contribution in [1.29, 1.82) is 0 Å². The molecule has 3 aromatic carbocycles. The number of carbonyl (C=O) groups excluding carboxylic acids is 2. The Morgan fingerprint density at radius 2 is 1.64 bits per heavy atom. The van der Waals surface area contributed by atoms with Crippen LogP contribution in [0.5, 0.6) is 0 Å². The highest BCUT2D eigenvalue weighted by Crippen LogP contribution is 2.36. The van der Waals surface area contributed by atoms with Gasteiger partial charge in [0, 0.05) is 11.6 Å². The summed E-state index contributed by atoms with van der Waals surface area (Å²) in [4.78, 5) is 24.1. The van der Waals surface area contributed by atoms with Gasteiger partial charge in [-0.1, -0.05) is 53.5 Å². The normalized spacial score (nSPS) is 11.7. The molecule has 0 spiro atoms. The van der Waals surface area contributed by atoms with Crippen molar-refractivity contribution in [1.82, 2.24) is 4.72 Å². The number of ether oxygens (including phenoxy) is 1. The van der Waals surface area contributed by atoms with Crippen LogP contribution in [0, 0.1) is 0 Å². The molecule has 0 saturated carbocycles. The van der Waals surface area contributed by atoms with Crippen LogP contribution in [0.15, 0.2) is 71.6 Å². The third-order valence-electron chi connectivity index (χ3n) is 4.66. The molecule has 0 heterocycles. The van der Waals surface area contributed by atoms with Crippen LogP contribution in [0.2, 0.25) is 10.0 Å². The van der Waals surface area contributed by atoms with Gasteiger partial charge in [0.05, 0.1) is 21.8 Å². The number of amides is 1. The van der Waals surface area contributed by atoms with Gasteiger partial charge in [0.25, 0.3) is 5.91 Å². The molecule has 7 nitrogen and oxygen atoms in total. The first kappa shape index (κ1) is 27.5. The van der Waals surface area contributed by atoms with Crippen LogP contribution in [-0.2, 0) is 32.3 Å². The number of hydrogen-bond donors (Lipinski definition) is 2. The maximum Gasteiger partial charge on any atom is 0.418 e. The van der Waals surface area contributed by atoms with Gasteiger partial charge in [-0.15, -0.1) is 0 Å². The average molecular weight is 561 g/mol.